The molecule has 1 aliphatic carbocycles. The fourth-order valence-electron chi connectivity index (χ4n) is 2.27. The van der Waals surface area contributed by atoms with Crippen molar-refractivity contribution < 1.29 is 4.74 Å². The maximum Gasteiger partial charge on any atom is 0.0637 e. The highest BCUT2D eigenvalue weighted by atomic mass is 79.9. The largest absolute Gasteiger partial charge is 0.383 e. The van der Waals surface area contributed by atoms with Crippen LogP contribution in [0.2, 0.25) is 0 Å². The van der Waals surface area contributed by atoms with E-state index < -0.39 is 0 Å². The standard InChI is InChI=1S/C15H23BrN2O/c1-11(17-2)12-4-7-15(14(16)10-12)18(8-9-19-3)13-5-6-13/h4,7,10-11,13,17H,5-6,8-9H2,1-3H3. The molecule has 1 aromatic rings. The van der Waals surface area contributed by atoms with Gasteiger partial charge in [0, 0.05) is 30.2 Å². The van der Waals surface area contributed by atoms with Gasteiger partial charge in [0.25, 0.3) is 0 Å². The van der Waals surface area contributed by atoms with Crippen molar-refractivity contribution in [2.24, 2.45) is 0 Å². The molecular formula is C15H23BrN2O. The summed E-state index contributed by atoms with van der Waals surface area (Å²) in [6.07, 6.45) is 2.59. The Morgan fingerprint density at radius 2 is 2.21 bits per heavy atom. The molecule has 2 rings (SSSR count). The molecule has 0 heterocycles. The van der Waals surface area contributed by atoms with Crippen LogP contribution in [0.25, 0.3) is 0 Å². The highest BCUT2D eigenvalue weighted by molar-refractivity contribution is 9.10. The number of methoxy groups -OCH3 is 1. The van der Waals surface area contributed by atoms with E-state index in [0.717, 1.165) is 13.2 Å². The molecule has 1 aromatic carbocycles. The van der Waals surface area contributed by atoms with E-state index in [9.17, 15) is 0 Å². The molecule has 0 spiro atoms. The molecule has 0 bridgehead atoms. The summed E-state index contributed by atoms with van der Waals surface area (Å²) in [6, 6.07) is 7.72. The summed E-state index contributed by atoms with van der Waals surface area (Å²) in [6.45, 7) is 3.91. The lowest BCUT2D eigenvalue weighted by molar-refractivity contribution is 0.205. The molecule has 0 amide bonds. The first-order valence-corrected chi connectivity index (χ1v) is 7.69. The van der Waals surface area contributed by atoms with Crippen molar-refractivity contribution in [1.82, 2.24) is 5.32 Å². The topological polar surface area (TPSA) is 24.5 Å². The summed E-state index contributed by atoms with van der Waals surface area (Å²) < 4.78 is 6.40. The third kappa shape index (κ3) is 3.71. The van der Waals surface area contributed by atoms with Crippen molar-refractivity contribution in [3.8, 4) is 0 Å². The van der Waals surface area contributed by atoms with Crippen LogP contribution in [0.3, 0.4) is 0 Å². The molecule has 3 nitrogen and oxygen atoms in total. The number of halogens is 1. The van der Waals surface area contributed by atoms with Crippen LogP contribution in [-0.4, -0.2) is 33.4 Å². The number of nitrogens with zero attached hydrogens (tertiary/aromatic N) is 1. The average Bonchev–Trinajstić information content (AvgIpc) is 3.24. The predicted molar refractivity (Wildman–Crippen MR) is 83.9 cm³/mol. The first kappa shape index (κ1) is 14.8. The summed E-state index contributed by atoms with van der Waals surface area (Å²) in [5.74, 6) is 0. The highest BCUT2D eigenvalue weighted by Gasteiger charge is 2.30. The monoisotopic (exact) mass is 326 g/mol. The molecule has 1 unspecified atom stereocenters. The Bertz CT molecular complexity index is 421. The zero-order valence-corrected chi connectivity index (χ0v) is 13.5. The van der Waals surface area contributed by atoms with Crippen LogP contribution in [0.1, 0.15) is 31.4 Å². The fourth-order valence-corrected chi connectivity index (χ4v) is 2.89. The van der Waals surface area contributed by atoms with Crippen LogP contribution in [0.5, 0.6) is 0 Å². The van der Waals surface area contributed by atoms with Crippen LogP contribution in [0, 0.1) is 0 Å². The van der Waals surface area contributed by atoms with Gasteiger partial charge in [-0.1, -0.05) is 6.07 Å². The molecule has 0 saturated heterocycles. The molecule has 1 atom stereocenters. The lowest BCUT2D eigenvalue weighted by atomic mass is 10.1. The third-order valence-corrected chi connectivity index (χ3v) is 4.37. The smallest absolute Gasteiger partial charge is 0.0637 e. The van der Waals surface area contributed by atoms with Crippen molar-refractivity contribution in [3.05, 3.63) is 28.2 Å². The van der Waals surface area contributed by atoms with Gasteiger partial charge in [-0.05, 0) is 60.4 Å². The first-order chi connectivity index (χ1) is 9.17. The fraction of sp³-hybridized carbons (Fsp3) is 0.600. The predicted octanol–water partition coefficient (Wildman–Crippen LogP) is 3.34. The van der Waals surface area contributed by atoms with E-state index in [4.69, 9.17) is 4.74 Å². The van der Waals surface area contributed by atoms with E-state index in [1.165, 1.54) is 28.6 Å². The number of nitrogens with one attached hydrogen (secondary N) is 1. The van der Waals surface area contributed by atoms with Gasteiger partial charge >= 0.3 is 0 Å². The van der Waals surface area contributed by atoms with Crippen molar-refractivity contribution in [1.29, 1.82) is 0 Å². The second-order valence-corrected chi connectivity index (χ2v) is 5.99. The molecule has 0 radical (unpaired) electrons. The average molecular weight is 327 g/mol. The van der Waals surface area contributed by atoms with Crippen molar-refractivity contribution in [3.63, 3.8) is 0 Å². The molecule has 4 heteroatoms. The molecule has 0 aromatic heterocycles. The van der Waals surface area contributed by atoms with Crippen LogP contribution in [0.4, 0.5) is 5.69 Å². The van der Waals surface area contributed by atoms with Crippen LogP contribution in [-0.2, 0) is 4.74 Å². The SMILES string of the molecule is CNC(C)c1ccc(N(CCOC)C2CC2)c(Br)c1. The Morgan fingerprint density at radius 1 is 1.47 bits per heavy atom. The Hall–Kier alpha value is -0.580. The van der Waals surface area contributed by atoms with Crippen molar-refractivity contribution in [2.75, 3.05) is 32.2 Å². The minimum Gasteiger partial charge on any atom is -0.383 e. The normalized spacial score (nSPS) is 16.4. The maximum absolute atomic E-state index is 5.22. The highest BCUT2D eigenvalue weighted by Crippen LogP contribution is 2.36. The van der Waals surface area contributed by atoms with Gasteiger partial charge in [0.2, 0.25) is 0 Å². The zero-order chi connectivity index (χ0) is 13.8. The maximum atomic E-state index is 5.22. The van der Waals surface area contributed by atoms with E-state index in [-0.39, 0.29) is 0 Å². The second-order valence-electron chi connectivity index (χ2n) is 5.14. The molecular weight excluding hydrogens is 304 g/mol. The lowest BCUT2D eigenvalue weighted by Crippen LogP contribution is -2.29. The summed E-state index contributed by atoms with van der Waals surface area (Å²) in [4.78, 5) is 2.46. The quantitative estimate of drug-likeness (QED) is 0.831. The second kappa shape index (κ2) is 6.73. The molecule has 1 aliphatic rings. The number of benzene rings is 1. The molecule has 1 fully saturated rings. The molecule has 1 saturated carbocycles. The molecule has 19 heavy (non-hydrogen) atoms. The van der Waals surface area contributed by atoms with Gasteiger partial charge in [0.1, 0.15) is 0 Å². The Labute approximate surface area is 124 Å². The summed E-state index contributed by atoms with van der Waals surface area (Å²) in [7, 11) is 3.75. The van der Waals surface area contributed by atoms with Crippen LogP contribution in [0.15, 0.2) is 22.7 Å². The van der Waals surface area contributed by atoms with E-state index in [2.05, 4.69) is 51.3 Å². The van der Waals surface area contributed by atoms with Crippen LogP contribution >= 0.6 is 15.9 Å². The van der Waals surface area contributed by atoms with Crippen molar-refractivity contribution in [2.45, 2.75) is 31.8 Å². The van der Waals surface area contributed by atoms with Crippen LogP contribution < -0.4 is 10.2 Å². The number of ether oxygens (including phenoxy) is 1. The van der Waals surface area contributed by atoms with Gasteiger partial charge in [-0.2, -0.15) is 0 Å². The summed E-state index contributed by atoms with van der Waals surface area (Å²) >= 11 is 3.72. The van der Waals surface area contributed by atoms with E-state index in [1.54, 1.807) is 7.11 Å². The zero-order valence-electron chi connectivity index (χ0n) is 11.9. The third-order valence-electron chi connectivity index (χ3n) is 3.74. The molecule has 0 aliphatic heterocycles. The number of rotatable bonds is 7. The Kier molecular flexibility index (Phi) is 5.25. The minimum atomic E-state index is 0.374. The van der Waals surface area contributed by atoms with Gasteiger partial charge in [0.15, 0.2) is 0 Å². The van der Waals surface area contributed by atoms with E-state index in [0.29, 0.717) is 12.1 Å². The van der Waals surface area contributed by atoms with E-state index >= 15 is 0 Å². The Balaban J connectivity index is 2.17. The summed E-state index contributed by atoms with van der Waals surface area (Å²) in [5, 5.41) is 3.27. The lowest BCUT2D eigenvalue weighted by Gasteiger charge is -2.26. The number of hydrogen-bond donors (Lipinski definition) is 1. The van der Waals surface area contributed by atoms with Crippen molar-refractivity contribution >= 4 is 21.6 Å². The van der Waals surface area contributed by atoms with Gasteiger partial charge in [0.05, 0.1) is 12.3 Å². The Morgan fingerprint density at radius 3 is 2.74 bits per heavy atom. The number of anilines is 1. The van der Waals surface area contributed by atoms with Gasteiger partial charge in [-0.15, -0.1) is 0 Å². The van der Waals surface area contributed by atoms with Gasteiger partial charge in [-0.25, -0.2) is 0 Å². The first-order valence-electron chi connectivity index (χ1n) is 6.89. The van der Waals surface area contributed by atoms with E-state index in [1.807, 2.05) is 7.05 Å². The van der Waals surface area contributed by atoms with Gasteiger partial charge < -0.3 is 15.0 Å². The van der Waals surface area contributed by atoms with Gasteiger partial charge in [-0.3, -0.25) is 0 Å². The minimum absolute atomic E-state index is 0.374. The molecule has 106 valence electrons. The number of hydrogen-bond acceptors (Lipinski definition) is 3. The summed E-state index contributed by atoms with van der Waals surface area (Å²) in [5.41, 5.74) is 2.59. The molecule has 1 N–H and O–H groups in total.